The normalized spacial score (nSPS) is 16.7. The summed E-state index contributed by atoms with van der Waals surface area (Å²) in [5, 5.41) is 6.25. The summed E-state index contributed by atoms with van der Waals surface area (Å²) in [6.45, 7) is 3.29. The molecular formula is C19H18ClN3O3. The molecule has 0 aliphatic carbocycles. The number of benzene rings is 2. The smallest absolute Gasteiger partial charge is 0.256 e. The molecule has 0 aromatic heterocycles. The Morgan fingerprint density at radius 3 is 2.38 bits per heavy atom. The fraction of sp³-hybridized carbons (Fsp3) is 0.211. The molecule has 2 aromatic rings. The quantitative estimate of drug-likeness (QED) is 0.808. The van der Waals surface area contributed by atoms with Crippen molar-refractivity contribution in [2.75, 3.05) is 15.5 Å². The maximum absolute atomic E-state index is 12.7. The van der Waals surface area contributed by atoms with Crippen LogP contribution in [0.25, 0.3) is 0 Å². The van der Waals surface area contributed by atoms with Gasteiger partial charge in [-0.15, -0.1) is 0 Å². The van der Waals surface area contributed by atoms with E-state index in [9.17, 15) is 14.4 Å². The Bertz CT molecular complexity index is 880. The fourth-order valence-electron chi connectivity index (χ4n) is 2.79. The number of amides is 3. The van der Waals surface area contributed by atoms with Gasteiger partial charge in [0.05, 0.1) is 12.1 Å². The Balaban J connectivity index is 1.74. The molecule has 1 aliphatic heterocycles. The summed E-state index contributed by atoms with van der Waals surface area (Å²) in [6, 6.07) is 11.4. The Morgan fingerprint density at radius 1 is 1.12 bits per heavy atom. The first kappa shape index (κ1) is 17.9. The molecule has 7 heteroatoms. The van der Waals surface area contributed by atoms with Gasteiger partial charge in [-0.05, 0) is 48.9 Å². The van der Waals surface area contributed by atoms with Crippen LogP contribution in [0, 0.1) is 6.92 Å². The second-order valence-corrected chi connectivity index (χ2v) is 6.57. The molecule has 1 aliphatic rings. The van der Waals surface area contributed by atoms with Crippen LogP contribution >= 0.6 is 11.6 Å². The van der Waals surface area contributed by atoms with E-state index in [2.05, 4.69) is 10.6 Å². The van der Waals surface area contributed by atoms with E-state index in [1.807, 2.05) is 6.92 Å². The van der Waals surface area contributed by atoms with E-state index in [0.717, 1.165) is 10.5 Å². The lowest BCUT2D eigenvalue weighted by Gasteiger charge is -2.17. The van der Waals surface area contributed by atoms with Crippen molar-refractivity contribution < 1.29 is 14.4 Å². The lowest BCUT2D eigenvalue weighted by atomic mass is 10.2. The van der Waals surface area contributed by atoms with E-state index in [0.29, 0.717) is 22.1 Å². The summed E-state index contributed by atoms with van der Waals surface area (Å²) in [5.74, 6) is -0.752. The molecule has 3 rings (SSSR count). The molecule has 1 fully saturated rings. The highest BCUT2D eigenvalue weighted by molar-refractivity contribution is 6.32. The van der Waals surface area contributed by atoms with Gasteiger partial charge in [0.2, 0.25) is 11.8 Å². The predicted octanol–water partition coefficient (Wildman–Crippen LogP) is 3.35. The second-order valence-electron chi connectivity index (χ2n) is 6.16. The zero-order valence-corrected chi connectivity index (χ0v) is 15.1. The van der Waals surface area contributed by atoms with Crippen molar-refractivity contribution in [3.63, 3.8) is 0 Å². The van der Waals surface area contributed by atoms with Crippen LogP contribution in [0.1, 0.15) is 18.9 Å². The van der Waals surface area contributed by atoms with Crippen LogP contribution in [-0.2, 0) is 14.4 Å². The first-order valence-electron chi connectivity index (χ1n) is 8.12. The molecule has 2 N–H and O–H groups in total. The third kappa shape index (κ3) is 3.70. The van der Waals surface area contributed by atoms with Crippen molar-refractivity contribution in [1.82, 2.24) is 0 Å². The minimum atomic E-state index is -0.644. The number of hydrogen-bond donors (Lipinski definition) is 2. The summed E-state index contributed by atoms with van der Waals surface area (Å²) in [7, 11) is 0. The number of anilines is 3. The van der Waals surface area contributed by atoms with Crippen LogP contribution in [0.4, 0.5) is 17.1 Å². The number of halogens is 1. The summed E-state index contributed by atoms with van der Waals surface area (Å²) in [6.07, 6.45) is 0.0672. The minimum absolute atomic E-state index is 0.0672. The molecule has 26 heavy (non-hydrogen) atoms. The number of rotatable bonds is 4. The Morgan fingerprint density at radius 2 is 1.77 bits per heavy atom. The van der Waals surface area contributed by atoms with Gasteiger partial charge in [0, 0.05) is 23.3 Å². The Kier molecular flexibility index (Phi) is 4.95. The highest BCUT2D eigenvalue weighted by atomic mass is 35.5. The van der Waals surface area contributed by atoms with Gasteiger partial charge in [0.1, 0.15) is 6.04 Å². The molecule has 0 saturated carbocycles. The van der Waals surface area contributed by atoms with Gasteiger partial charge in [-0.3, -0.25) is 14.4 Å². The van der Waals surface area contributed by atoms with Gasteiger partial charge in [0.15, 0.2) is 0 Å². The maximum atomic E-state index is 12.7. The van der Waals surface area contributed by atoms with E-state index in [-0.39, 0.29) is 24.1 Å². The summed E-state index contributed by atoms with van der Waals surface area (Å²) in [4.78, 5) is 37.2. The third-order valence-corrected chi connectivity index (χ3v) is 4.51. The van der Waals surface area contributed by atoms with Crippen molar-refractivity contribution in [3.05, 3.63) is 53.1 Å². The van der Waals surface area contributed by atoms with Crippen LogP contribution in [0.5, 0.6) is 0 Å². The molecule has 1 heterocycles. The minimum Gasteiger partial charge on any atom is -0.373 e. The van der Waals surface area contributed by atoms with Crippen molar-refractivity contribution in [1.29, 1.82) is 0 Å². The molecular weight excluding hydrogens is 354 g/mol. The zero-order valence-electron chi connectivity index (χ0n) is 14.4. The highest BCUT2D eigenvalue weighted by Crippen LogP contribution is 2.28. The third-order valence-electron chi connectivity index (χ3n) is 4.11. The van der Waals surface area contributed by atoms with Crippen LogP contribution in [0.3, 0.4) is 0 Å². The standard InChI is InChI=1S/C19H18ClN3O3/c1-11-3-8-15(9-16(11)20)23-18(25)10-17(19(23)26)22-14-6-4-13(5-7-14)21-12(2)24/h3-9,17,22H,10H2,1-2H3,(H,21,24)/t17-/m1/s1. The molecule has 1 atom stereocenters. The zero-order chi connectivity index (χ0) is 18.8. The van der Waals surface area contributed by atoms with Gasteiger partial charge >= 0.3 is 0 Å². The number of carbonyl (C=O) groups is 3. The van der Waals surface area contributed by atoms with Gasteiger partial charge in [0.25, 0.3) is 5.91 Å². The molecule has 134 valence electrons. The Labute approximate surface area is 156 Å². The number of carbonyl (C=O) groups excluding carboxylic acids is 3. The average Bonchev–Trinajstić information content (AvgIpc) is 2.85. The molecule has 0 unspecified atom stereocenters. The van der Waals surface area contributed by atoms with Crippen molar-refractivity contribution >= 4 is 46.4 Å². The van der Waals surface area contributed by atoms with Crippen molar-refractivity contribution in [2.45, 2.75) is 26.3 Å². The SMILES string of the molecule is CC(=O)Nc1ccc(N[C@@H]2CC(=O)N(c3ccc(C)c(Cl)c3)C2=O)cc1. The van der Waals surface area contributed by atoms with E-state index in [1.165, 1.54) is 6.92 Å². The number of nitrogens with one attached hydrogen (secondary N) is 2. The number of hydrogen-bond acceptors (Lipinski definition) is 4. The number of nitrogens with zero attached hydrogens (tertiary/aromatic N) is 1. The molecule has 6 nitrogen and oxygen atoms in total. The van der Waals surface area contributed by atoms with Gasteiger partial charge in [-0.2, -0.15) is 0 Å². The van der Waals surface area contributed by atoms with Crippen LogP contribution in [-0.4, -0.2) is 23.8 Å². The highest BCUT2D eigenvalue weighted by Gasteiger charge is 2.39. The molecule has 3 amide bonds. The summed E-state index contributed by atoms with van der Waals surface area (Å²) in [5.41, 5.74) is 2.70. The molecule has 0 bridgehead atoms. The predicted molar refractivity (Wildman–Crippen MR) is 101 cm³/mol. The Hall–Kier alpha value is -2.86. The van der Waals surface area contributed by atoms with Gasteiger partial charge < -0.3 is 10.6 Å². The molecule has 2 aromatic carbocycles. The van der Waals surface area contributed by atoms with Gasteiger partial charge in [-0.25, -0.2) is 4.90 Å². The monoisotopic (exact) mass is 371 g/mol. The van der Waals surface area contributed by atoms with Crippen LogP contribution in [0.2, 0.25) is 5.02 Å². The second kappa shape index (κ2) is 7.17. The van der Waals surface area contributed by atoms with Crippen molar-refractivity contribution in [2.24, 2.45) is 0 Å². The van der Waals surface area contributed by atoms with Crippen molar-refractivity contribution in [3.8, 4) is 0 Å². The van der Waals surface area contributed by atoms with E-state index in [4.69, 9.17) is 11.6 Å². The first-order valence-corrected chi connectivity index (χ1v) is 8.50. The van der Waals surface area contributed by atoms with Crippen LogP contribution < -0.4 is 15.5 Å². The maximum Gasteiger partial charge on any atom is 0.256 e. The lowest BCUT2D eigenvalue weighted by molar-refractivity contribution is -0.121. The van der Waals surface area contributed by atoms with E-state index >= 15 is 0 Å². The number of imide groups is 1. The largest absolute Gasteiger partial charge is 0.373 e. The molecule has 1 saturated heterocycles. The molecule has 0 spiro atoms. The fourth-order valence-corrected chi connectivity index (χ4v) is 2.97. The topological polar surface area (TPSA) is 78.5 Å². The lowest BCUT2D eigenvalue weighted by Crippen LogP contribution is -2.34. The van der Waals surface area contributed by atoms with E-state index < -0.39 is 6.04 Å². The van der Waals surface area contributed by atoms with E-state index in [1.54, 1.807) is 42.5 Å². The van der Waals surface area contributed by atoms with Gasteiger partial charge in [-0.1, -0.05) is 17.7 Å². The summed E-state index contributed by atoms with van der Waals surface area (Å²) >= 11 is 6.11. The molecule has 0 radical (unpaired) electrons. The first-order chi connectivity index (χ1) is 12.3. The summed E-state index contributed by atoms with van der Waals surface area (Å²) < 4.78 is 0. The number of aryl methyl sites for hydroxylation is 1. The van der Waals surface area contributed by atoms with Crippen LogP contribution in [0.15, 0.2) is 42.5 Å². The average molecular weight is 372 g/mol.